The maximum Gasteiger partial charge on any atom is 0.407 e. The van der Waals surface area contributed by atoms with E-state index >= 15 is 0 Å². The predicted molar refractivity (Wildman–Crippen MR) is 87.2 cm³/mol. The third-order valence-corrected chi connectivity index (χ3v) is 3.89. The lowest BCUT2D eigenvalue weighted by atomic mass is 10.1. The van der Waals surface area contributed by atoms with E-state index in [0.717, 1.165) is 31.6 Å². The molecule has 1 aliphatic heterocycles. The number of benzene rings is 1. The fraction of sp³-hybridized carbons (Fsp3) is 0.529. The average Bonchev–Trinajstić information content (AvgIpc) is 2.58. The summed E-state index contributed by atoms with van der Waals surface area (Å²) < 4.78 is 5.16. The normalized spacial score (nSPS) is 18.9. The Bertz CT molecular complexity index is 439. The van der Waals surface area contributed by atoms with Crippen molar-refractivity contribution in [2.24, 2.45) is 0 Å². The van der Waals surface area contributed by atoms with Gasteiger partial charge >= 0.3 is 6.09 Å². The monoisotopic (exact) mass is 304 g/mol. The van der Waals surface area contributed by atoms with Gasteiger partial charge < -0.3 is 10.1 Å². The molecule has 0 saturated carbocycles. The van der Waals surface area contributed by atoms with Crippen LogP contribution in [0.3, 0.4) is 0 Å². The molecule has 1 unspecified atom stereocenters. The van der Waals surface area contributed by atoms with Crippen molar-refractivity contribution in [3.63, 3.8) is 0 Å². The lowest BCUT2D eigenvalue weighted by Gasteiger charge is -2.35. The molecule has 1 saturated heterocycles. The summed E-state index contributed by atoms with van der Waals surface area (Å²) >= 11 is 0. The number of nitrogens with one attached hydrogen (secondary N) is 2. The molecule has 1 aromatic rings. The minimum atomic E-state index is -0.372. The molecule has 0 spiro atoms. The average molecular weight is 304 g/mol. The van der Waals surface area contributed by atoms with Crippen LogP contribution in [0.5, 0.6) is 0 Å². The zero-order valence-electron chi connectivity index (χ0n) is 13.1. The van der Waals surface area contributed by atoms with Crippen LogP contribution < -0.4 is 10.6 Å². The molecule has 1 atom stereocenters. The van der Waals surface area contributed by atoms with Crippen LogP contribution in [-0.4, -0.2) is 43.3 Å². The fourth-order valence-corrected chi connectivity index (χ4v) is 2.67. The van der Waals surface area contributed by atoms with Gasteiger partial charge in [0.1, 0.15) is 6.61 Å². The van der Waals surface area contributed by atoms with E-state index in [1.165, 1.54) is 12.8 Å². The third-order valence-electron chi connectivity index (χ3n) is 3.89. The van der Waals surface area contributed by atoms with E-state index in [9.17, 15) is 4.79 Å². The predicted octanol–water partition coefficient (Wildman–Crippen LogP) is 2.15. The highest BCUT2D eigenvalue weighted by Crippen LogP contribution is 2.13. The van der Waals surface area contributed by atoms with Crippen molar-refractivity contribution in [3.8, 4) is 0 Å². The summed E-state index contributed by atoms with van der Waals surface area (Å²) in [7, 11) is 0. The maximum absolute atomic E-state index is 11.6. The van der Waals surface area contributed by atoms with Gasteiger partial charge in [-0.05, 0) is 44.8 Å². The lowest BCUT2D eigenvalue weighted by molar-refractivity contribution is 0.130. The number of carbonyl (C=O) groups is 1. The second kappa shape index (κ2) is 9.43. The van der Waals surface area contributed by atoms with Gasteiger partial charge in [-0.15, -0.1) is 0 Å². The van der Waals surface area contributed by atoms with Gasteiger partial charge in [-0.1, -0.05) is 30.3 Å². The Balaban J connectivity index is 1.57. The molecule has 1 aromatic carbocycles. The Kier molecular flexibility index (Phi) is 7.19. The second-order valence-corrected chi connectivity index (χ2v) is 5.49. The van der Waals surface area contributed by atoms with Gasteiger partial charge in [0.2, 0.25) is 0 Å². The zero-order chi connectivity index (χ0) is 15.6. The van der Waals surface area contributed by atoms with Gasteiger partial charge in [-0.3, -0.25) is 10.2 Å². The molecule has 1 amide bonds. The summed E-state index contributed by atoms with van der Waals surface area (Å²) in [5.41, 5.74) is 0.990. The summed E-state index contributed by atoms with van der Waals surface area (Å²) in [4.78, 5) is 14.0. The van der Waals surface area contributed by atoms with E-state index in [1.54, 1.807) is 0 Å². The lowest BCUT2D eigenvalue weighted by Crippen LogP contribution is -2.50. The first-order valence-electron chi connectivity index (χ1n) is 8.01. The Morgan fingerprint density at radius 1 is 1.27 bits per heavy atom. The number of likely N-dealkylation sites (tertiary alicyclic amines) is 1. The van der Waals surface area contributed by atoms with Crippen molar-refractivity contribution >= 4 is 6.09 Å². The molecule has 22 heavy (non-hydrogen) atoms. The van der Waals surface area contributed by atoms with Crippen LogP contribution in [0.4, 0.5) is 4.79 Å². The van der Waals surface area contributed by atoms with Crippen molar-refractivity contribution in [2.75, 3.05) is 26.2 Å². The highest BCUT2D eigenvalue weighted by molar-refractivity contribution is 5.67. The fourth-order valence-electron chi connectivity index (χ4n) is 2.67. The first-order chi connectivity index (χ1) is 10.8. The van der Waals surface area contributed by atoms with Crippen LogP contribution in [0.25, 0.3) is 0 Å². The van der Waals surface area contributed by atoms with Gasteiger partial charge in [-0.2, -0.15) is 0 Å². The summed E-state index contributed by atoms with van der Waals surface area (Å²) in [5, 5.41) is 6.23. The number of hydrogen-bond donors (Lipinski definition) is 2. The molecule has 0 aliphatic carbocycles. The Morgan fingerprint density at radius 2 is 2.09 bits per heavy atom. The van der Waals surface area contributed by atoms with Crippen LogP contribution in [0.2, 0.25) is 0 Å². The van der Waals surface area contributed by atoms with Crippen LogP contribution in [0, 0.1) is 6.92 Å². The first-order valence-corrected chi connectivity index (χ1v) is 8.01. The molecule has 5 heteroatoms. The van der Waals surface area contributed by atoms with E-state index in [0.29, 0.717) is 19.3 Å². The second-order valence-electron chi connectivity index (χ2n) is 5.49. The molecular weight excluding hydrogens is 278 g/mol. The van der Waals surface area contributed by atoms with Gasteiger partial charge in [0, 0.05) is 13.1 Å². The summed E-state index contributed by atoms with van der Waals surface area (Å²) in [5.74, 6) is 0. The quantitative estimate of drug-likeness (QED) is 0.758. The third kappa shape index (κ3) is 5.66. The van der Waals surface area contributed by atoms with Crippen LogP contribution in [-0.2, 0) is 11.3 Å². The minimum absolute atomic E-state index is 0.304. The van der Waals surface area contributed by atoms with Gasteiger partial charge in [-0.25, -0.2) is 4.79 Å². The molecule has 5 nitrogen and oxygen atoms in total. The highest BCUT2D eigenvalue weighted by Gasteiger charge is 2.19. The zero-order valence-corrected chi connectivity index (χ0v) is 13.1. The molecule has 1 aliphatic rings. The summed E-state index contributed by atoms with van der Waals surface area (Å²) in [6.45, 7) is 7.50. The standard InChI is InChI=1S/C17H26N3O2/c1-2-20-13-7-6-10-16(20)18-11-12-19-17(21)22-14-15-8-4-3-5-9-15/h3-5,8-9,16,18H,1-2,6-7,10-14H2,(H,19,21). The molecule has 1 fully saturated rings. The van der Waals surface area contributed by atoms with Crippen LogP contribution >= 0.6 is 0 Å². The highest BCUT2D eigenvalue weighted by atomic mass is 16.5. The number of hydrogen-bond acceptors (Lipinski definition) is 4. The maximum atomic E-state index is 11.6. The molecule has 2 rings (SSSR count). The topological polar surface area (TPSA) is 53.6 Å². The summed E-state index contributed by atoms with van der Waals surface area (Å²) in [6, 6.07) is 9.67. The number of nitrogens with zero attached hydrogens (tertiary/aromatic N) is 1. The molecule has 2 N–H and O–H groups in total. The Morgan fingerprint density at radius 3 is 2.86 bits per heavy atom. The van der Waals surface area contributed by atoms with Gasteiger partial charge in [0.25, 0.3) is 0 Å². The number of rotatable bonds is 7. The summed E-state index contributed by atoms with van der Waals surface area (Å²) in [6.07, 6.45) is 3.66. The van der Waals surface area contributed by atoms with Gasteiger partial charge in [0.05, 0.1) is 6.17 Å². The van der Waals surface area contributed by atoms with Crippen LogP contribution in [0.1, 0.15) is 24.8 Å². The van der Waals surface area contributed by atoms with E-state index in [-0.39, 0.29) is 6.09 Å². The molecule has 0 bridgehead atoms. The van der Waals surface area contributed by atoms with Crippen molar-refractivity contribution in [1.29, 1.82) is 0 Å². The number of amides is 1. The number of alkyl carbamates (subject to hydrolysis) is 1. The Hall–Kier alpha value is -1.59. The van der Waals surface area contributed by atoms with Crippen molar-refractivity contribution in [2.45, 2.75) is 32.0 Å². The minimum Gasteiger partial charge on any atom is -0.445 e. The van der Waals surface area contributed by atoms with Crippen LogP contribution in [0.15, 0.2) is 30.3 Å². The van der Waals surface area contributed by atoms with E-state index in [1.807, 2.05) is 30.3 Å². The number of ether oxygens (including phenoxy) is 1. The smallest absolute Gasteiger partial charge is 0.407 e. The Labute approximate surface area is 133 Å². The number of carbonyl (C=O) groups excluding carboxylic acids is 1. The molecule has 1 heterocycles. The largest absolute Gasteiger partial charge is 0.445 e. The SMILES string of the molecule is [CH2]CN1CCCCC1NCCNC(=O)OCc1ccccc1. The van der Waals surface area contributed by atoms with Crippen molar-refractivity contribution in [3.05, 3.63) is 42.8 Å². The van der Waals surface area contributed by atoms with E-state index in [2.05, 4.69) is 22.5 Å². The number of piperidine rings is 1. The van der Waals surface area contributed by atoms with E-state index in [4.69, 9.17) is 4.74 Å². The van der Waals surface area contributed by atoms with Gasteiger partial charge in [0.15, 0.2) is 0 Å². The first kappa shape index (κ1) is 16.8. The molecule has 0 aromatic heterocycles. The molecule has 121 valence electrons. The molecule has 1 radical (unpaired) electrons. The van der Waals surface area contributed by atoms with Crippen molar-refractivity contribution in [1.82, 2.24) is 15.5 Å². The van der Waals surface area contributed by atoms with E-state index < -0.39 is 0 Å². The molecular formula is C17H26N3O2. The van der Waals surface area contributed by atoms with Crippen molar-refractivity contribution < 1.29 is 9.53 Å².